The molecule has 3 heterocycles. The van der Waals surface area contributed by atoms with Gasteiger partial charge in [0.25, 0.3) is 5.56 Å². The molecule has 0 radical (unpaired) electrons. The Hall–Kier alpha value is -4.86. The summed E-state index contributed by atoms with van der Waals surface area (Å²) in [7, 11) is 0. The first-order valence-electron chi connectivity index (χ1n) is 12.7. The van der Waals surface area contributed by atoms with E-state index in [0.717, 1.165) is 23.4 Å². The summed E-state index contributed by atoms with van der Waals surface area (Å²) in [6, 6.07) is 17.6. The van der Waals surface area contributed by atoms with Crippen molar-refractivity contribution in [2.24, 2.45) is 0 Å². The number of nitrogens with zero attached hydrogens (tertiary/aromatic N) is 1. The molecule has 0 fully saturated rings. The number of alkyl halides is 2. The molecular formula is C30H26F3N5O2. The van der Waals surface area contributed by atoms with Gasteiger partial charge in [0.2, 0.25) is 12.3 Å². The van der Waals surface area contributed by atoms with E-state index in [9.17, 15) is 22.8 Å². The van der Waals surface area contributed by atoms with Crippen molar-refractivity contribution < 1.29 is 18.0 Å². The average Bonchev–Trinajstić information content (AvgIpc) is 3.33. The Bertz CT molecular complexity index is 1700. The molecule has 1 unspecified atom stereocenters. The Balaban J connectivity index is 1.54. The zero-order chi connectivity index (χ0) is 28.2. The highest BCUT2D eigenvalue weighted by atomic mass is 19.3. The molecule has 2 aromatic carbocycles. The maximum Gasteiger partial charge on any atom is 0.259 e. The Kier molecular flexibility index (Phi) is 7.68. The zero-order valence-electron chi connectivity index (χ0n) is 21.5. The lowest BCUT2D eigenvalue weighted by Crippen LogP contribution is -2.23. The molecule has 0 aliphatic rings. The Morgan fingerprint density at radius 2 is 1.80 bits per heavy atom. The zero-order valence-corrected chi connectivity index (χ0v) is 21.5. The number of aromatic nitrogens is 3. The number of H-pyrrole nitrogens is 2. The van der Waals surface area contributed by atoms with E-state index in [-0.39, 0.29) is 16.9 Å². The number of amides is 1. The molecule has 5 aromatic rings. The second kappa shape index (κ2) is 11.5. The molecule has 0 saturated carbocycles. The van der Waals surface area contributed by atoms with Crippen molar-refractivity contribution in [3.05, 3.63) is 106 Å². The summed E-state index contributed by atoms with van der Waals surface area (Å²) in [5.41, 5.74) is 4.09. The molecule has 4 N–H and O–H groups in total. The SMILES string of the molecule is CCc1c[nH]c(=O)c2c(Nc3ccccc3)c(-c3ccnc(NC(=O)C(CC(F)F)c4ccc(F)cc4)c3)[nH]c12. The number of aryl methyl sites for hydroxylation is 1. The normalized spacial score (nSPS) is 12.0. The molecule has 40 heavy (non-hydrogen) atoms. The first kappa shape index (κ1) is 26.7. The maximum absolute atomic E-state index is 13.4. The highest BCUT2D eigenvalue weighted by Crippen LogP contribution is 2.37. The lowest BCUT2D eigenvalue weighted by molar-refractivity contribution is -0.118. The van der Waals surface area contributed by atoms with Gasteiger partial charge >= 0.3 is 0 Å². The van der Waals surface area contributed by atoms with Crippen LogP contribution < -0.4 is 16.2 Å². The number of benzene rings is 2. The minimum atomic E-state index is -2.75. The molecular weight excluding hydrogens is 519 g/mol. The predicted molar refractivity (Wildman–Crippen MR) is 150 cm³/mol. The van der Waals surface area contributed by atoms with Gasteiger partial charge in [0.1, 0.15) is 11.6 Å². The smallest absolute Gasteiger partial charge is 0.259 e. The molecule has 0 aliphatic heterocycles. The van der Waals surface area contributed by atoms with Crippen molar-refractivity contribution in [1.82, 2.24) is 15.0 Å². The summed E-state index contributed by atoms with van der Waals surface area (Å²) in [5.74, 6) is -2.30. The third-order valence-electron chi connectivity index (χ3n) is 6.65. The van der Waals surface area contributed by atoms with Crippen LogP contribution in [0.15, 0.2) is 83.9 Å². The summed E-state index contributed by atoms with van der Waals surface area (Å²) in [5, 5.41) is 6.42. The Labute approximate surface area is 227 Å². The monoisotopic (exact) mass is 545 g/mol. The molecule has 0 bridgehead atoms. The summed E-state index contributed by atoms with van der Waals surface area (Å²) in [4.78, 5) is 36.5. The minimum Gasteiger partial charge on any atom is -0.353 e. The van der Waals surface area contributed by atoms with Crippen LogP contribution in [-0.2, 0) is 11.2 Å². The number of nitrogens with one attached hydrogen (secondary N) is 4. The van der Waals surface area contributed by atoms with E-state index in [4.69, 9.17) is 0 Å². The van der Waals surface area contributed by atoms with Crippen LogP contribution >= 0.6 is 0 Å². The lowest BCUT2D eigenvalue weighted by Gasteiger charge is -2.17. The number of halogens is 3. The van der Waals surface area contributed by atoms with Gasteiger partial charge in [-0.3, -0.25) is 9.59 Å². The number of anilines is 3. The molecule has 0 aliphatic carbocycles. The molecule has 0 spiro atoms. The quantitative estimate of drug-likeness (QED) is 0.165. The third-order valence-corrected chi connectivity index (χ3v) is 6.65. The van der Waals surface area contributed by atoms with E-state index >= 15 is 0 Å². The lowest BCUT2D eigenvalue weighted by atomic mass is 9.95. The molecule has 0 saturated heterocycles. The van der Waals surface area contributed by atoms with E-state index in [1.165, 1.54) is 18.3 Å². The van der Waals surface area contributed by atoms with E-state index < -0.39 is 30.5 Å². The predicted octanol–water partition coefficient (Wildman–Crippen LogP) is 6.74. The maximum atomic E-state index is 13.4. The summed E-state index contributed by atoms with van der Waals surface area (Å²) < 4.78 is 40.1. The molecule has 204 valence electrons. The second-order valence-corrected chi connectivity index (χ2v) is 9.26. The molecule has 1 atom stereocenters. The van der Waals surface area contributed by atoms with Gasteiger partial charge in [0.15, 0.2) is 0 Å². The van der Waals surface area contributed by atoms with E-state index in [0.29, 0.717) is 34.3 Å². The van der Waals surface area contributed by atoms with Crippen molar-refractivity contribution in [3.8, 4) is 11.3 Å². The average molecular weight is 546 g/mol. The van der Waals surface area contributed by atoms with E-state index in [1.807, 2.05) is 37.3 Å². The van der Waals surface area contributed by atoms with Crippen LogP contribution in [0.5, 0.6) is 0 Å². The first-order chi connectivity index (χ1) is 19.3. The Morgan fingerprint density at radius 1 is 1.05 bits per heavy atom. The topological polar surface area (TPSA) is 103 Å². The fourth-order valence-corrected chi connectivity index (χ4v) is 4.69. The molecule has 1 amide bonds. The van der Waals surface area contributed by atoms with E-state index in [1.54, 1.807) is 18.3 Å². The van der Waals surface area contributed by atoms with Crippen molar-refractivity contribution in [1.29, 1.82) is 0 Å². The number of carbonyl (C=O) groups excluding carboxylic acids is 1. The van der Waals surface area contributed by atoms with Gasteiger partial charge in [0.05, 0.1) is 28.2 Å². The van der Waals surface area contributed by atoms with E-state index in [2.05, 4.69) is 25.6 Å². The van der Waals surface area contributed by atoms with Crippen LogP contribution in [0, 0.1) is 5.82 Å². The summed E-state index contributed by atoms with van der Waals surface area (Å²) in [6.45, 7) is 1.98. The van der Waals surface area contributed by atoms with Crippen molar-refractivity contribution in [2.45, 2.75) is 32.1 Å². The van der Waals surface area contributed by atoms with Crippen molar-refractivity contribution in [3.63, 3.8) is 0 Å². The van der Waals surface area contributed by atoms with Crippen LogP contribution in [0.2, 0.25) is 0 Å². The van der Waals surface area contributed by atoms with Gasteiger partial charge in [-0.05, 0) is 53.9 Å². The number of hydrogen-bond donors (Lipinski definition) is 4. The number of pyridine rings is 2. The van der Waals surface area contributed by atoms with Gasteiger partial charge in [-0.25, -0.2) is 18.2 Å². The van der Waals surface area contributed by atoms with Gasteiger partial charge in [0, 0.05) is 30.1 Å². The second-order valence-electron chi connectivity index (χ2n) is 9.26. The fraction of sp³-hybridized carbons (Fsp3) is 0.167. The third kappa shape index (κ3) is 5.61. The number of rotatable bonds is 9. The van der Waals surface area contributed by atoms with Gasteiger partial charge in [-0.1, -0.05) is 37.3 Å². The van der Waals surface area contributed by atoms with Crippen molar-refractivity contribution in [2.75, 3.05) is 10.6 Å². The largest absolute Gasteiger partial charge is 0.353 e. The summed E-state index contributed by atoms with van der Waals surface area (Å²) >= 11 is 0. The number of aromatic amines is 2. The van der Waals surface area contributed by atoms with Gasteiger partial charge in [-0.15, -0.1) is 0 Å². The number of para-hydroxylation sites is 1. The Morgan fingerprint density at radius 3 is 2.50 bits per heavy atom. The molecule has 5 rings (SSSR count). The van der Waals surface area contributed by atoms with Crippen molar-refractivity contribution >= 4 is 34.0 Å². The van der Waals surface area contributed by atoms with Crippen LogP contribution in [0.1, 0.15) is 30.4 Å². The molecule has 10 heteroatoms. The highest BCUT2D eigenvalue weighted by Gasteiger charge is 2.26. The minimum absolute atomic E-state index is 0.137. The summed E-state index contributed by atoms with van der Waals surface area (Å²) in [6.07, 6.45) is 0.350. The fourth-order valence-electron chi connectivity index (χ4n) is 4.69. The van der Waals surface area contributed by atoms with Crippen LogP contribution in [-0.4, -0.2) is 27.3 Å². The van der Waals surface area contributed by atoms with Crippen LogP contribution in [0.3, 0.4) is 0 Å². The van der Waals surface area contributed by atoms with Crippen LogP contribution in [0.4, 0.5) is 30.4 Å². The molecule has 3 aromatic heterocycles. The number of hydrogen-bond acceptors (Lipinski definition) is 4. The standard InChI is InChI=1S/C30H26F3N5O2/c1-2-17-16-35-30(40)25-26(17)38-27(28(25)36-21-6-4-3-5-7-21)19-12-13-34-24(14-19)37-29(39)22(15-23(32)33)18-8-10-20(31)11-9-18/h3-14,16,22-23,36,38H,2,15H2,1H3,(H,35,40)(H,34,37,39). The number of fused-ring (bicyclic) bond motifs is 1. The van der Waals surface area contributed by atoms with Crippen LogP contribution in [0.25, 0.3) is 22.2 Å². The number of carbonyl (C=O) groups is 1. The van der Waals surface area contributed by atoms with Gasteiger partial charge < -0.3 is 20.6 Å². The highest BCUT2D eigenvalue weighted by molar-refractivity contribution is 6.04. The molecule has 7 nitrogen and oxygen atoms in total. The van der Waals surface area contributed by atoms with Gasteiger partial charge in [-0.2, -0.15) is 0 Å². The first-order valence-corrected chi connectivity index (χ1v) is 12.7.